The number of H-pyrrole nitrogens is 1. The number of aliphatic imine (C=N–C) groups is 1. The molecule has 0 unspecified atom stereocenters. The number of benzene rings is 1. The lowest BCUT2D eigenvalue weighted by atomic mass is 9.90. The number of sulfone groups is 1. The molecule has 2 aromatic rings. The first kappa shape index (κ1) is 25.7. The maximum Gasteiger partial charge on any atom is 0.191 e. The molecule has 0 amide bonds. The van der Waals surface area contributed by atoms with E-state index in [4.69, 9.17) is 0 Å². The highest BCUT2D eigenvalue weighted by molar-refractivity contribution is 14.0. The molecule has 1 heterocycles. The van der Waals surface area contributed by atoms with Gasteiger partial charge in [-0.3, -0.25) is 4.99 Å². The third-order valence-corrected chi connectivity index (χ3v) is 5.80. The molecule has 8 heteroatoms. The largest absolute Gasteiger partial charge is 0.361 e. The number of guanidine groups is 1. The van der Waals surface area contributed by atoms with Crippen LogP contribution < -0.4 is 10.6 Å². The van der Waals surface area contributed by atoms with Gasteiger partial charge in [-0.25, -0.2) is 8.42 Å². The zero-order chi connectivity index (χ0) is 20.8. The van der Waals surface area contributed by atoms with Crippen LogP contribution in [0.5, 0.6) is 0 Å². The van der Waals surface area contributed by atoms with Crippen LogP contribution in [0.4, 0.5) is 0 Å². The van der Waals surface area contributed by atoms with E-state index in [1.165, 1.54) is 28.3 Å². The van der Waals surface area contributed by atoms with Crippen molar-refractivity contribution in [1.29, 1.82) is 0 Å². The molecule has 164 valence electrons. The smallest absolute Gasteiger partial charge is 0.191 e. The fourth-order valence-electron chi connectivity index (χ4n) is 3.06. The van der Waals surface area contributed by atoms with Crippen LogP contribution in [0.2, 0.25) is 0 Å². The number of hydrogen-bond acceptors (Lipinski definition) is 3. The summed E-state index contributed by atoms with van der Waals surface area (Å²) in [6.07, 6.45) is 4.86. The van der Waals surface area contributed by atoms with Gasteiger partial charge in [0.05, 0.1) is 5.75 Å². The highest BCUT2D eigenvalue weighted by Gasteiger charge is 2.20. The Bertz CT molecular complexity index is 920. The Balaban J connectivity index is 0.00000420. The van der Waals surface area contributed by atoms with Crippen molar-refractivity contribution in [2.45, 2.75) is 40.5 Å². The summed E-state index contributed by atoms with van der Waals surface area (Å²) in [4.78, 5) is 8.04. The number of aromatic nitrogens is 1. The topological polar surface area (TPSA) is 86.3 Å². The molecular formula is C21H35IN4O2S. The second-order valence-corrected chi connectivity index (χ2v) is 10.5. The van der Waals surface area contributed by atoms with E-state index < -0.39 is 9.84 Å². The van der Waals surface area contributed by atoms with Crippen LogP contribution in [-0.4, -0.2) is 51.0 Å². The monoisotopic (exact) mass is 534 g/mol. The Morgan fingerprint density at radius 1 is 1.24 bits per heavy atom. The standard InChI is InChI=1S/C21H34N4O2S.HI/c1-6-22-20(25-15-21(3,4)11-13-28(5,26)27)23-12-10-17-14-24-19-16(2)8-7-9-18(17)19;/h7-9,14,24H,6,10-13,15H2,1-5H3,(H2,22,23,25);1H. The van der Waals surface area contributed by atoms with Crippen LogP contribution in [0.15, 0.2) is 29.4 Å². The third kappa shape index (κ3) is 8.54. The van der Waals surface area contributed by atoms with E-state index in [-0.39, 0.29) is 35.1 Å². The fourth-order valence-corrected chi connectivity index (χ4v) is 3.99. The van der Waals surface area contributed by atoms with Crippen molar-refractivity contribution in [2.24, 2.45) is 10.4 Å². The highest BCUT2D eigenvalue weighted by atomic mass is 127. The van der Waals surface area contributed by atoms with Gasteiger partial charge in [-0.15, -0.1) is 24.0 Å². The Kier molecular flexibility index (Phi) is 9.94. The van der Waals surface area contributed by atoms with Gasteiger partial charge in [0.15, 0.2) is 5.96 Å². The molecule has 0 spiro atoms. The number of fused-ring (bicyclic) bond motifs is 1. The average molecular weight is 535 g/mol. The molecule has 0 aliphatic carbocycles. The Morgan fingerprint density at radius 3 is 2.62 bits per heavy atom. The van der Waals surface area contributed by atoms with Gasteiger partial charge in [0.2, 0.25) is 0 Å². The van der Waals surface area contributed by atoms with E-state index in [1.807, 2.05) is 6.92 Å². The summed E-state index contributed by atoms with van der Waals surface area (Å²) in [7, 11) is -2.95. The summed E-state index contributed by atoms with van der Waals surface area (Å²) in [6, 6.07) is 6.35. The molecule has 1 aromatic carbocycles. The molecule has 0 saturated carbocycles. The molecule has 0 bridgehead atoms. The van der Waals surface area contributed by atoms with Gasteiger partial charge in [-0.2, -0.15) is 0 Å². The molecule has 29 heavy (non-hydrogen) atoms. The predicted molar refractivity (Wildman–Crippen MR) is 134 cm³/mol. The third-order valence-electron chi connectivity index (χ3n) is 4.86. The van der Waals surface area contributed by atoms with Crippen LogP contribution in [0.25, 0.3) is 10.9 Å². The summed E-state index contributed by atoms with van der Waals surface area (Å²) < 4.78 is 22.8. The predicted octanol–water partition coefficient (Wildman–Crippen LogP) is 3.65. The number of rotatable bonds is 9. The molecule has 0 aliphatic rings. The van der Waals surface area contributed by atoms with E-state index in [1.54, 1.807) is 0 Å². The van der Waals surface area contributed by atoms with Gasteiger partial charge < -0.3 is 15.6 Å². The van der Waals surface area contributed by atoms with Crippen molar-refractivity contribution in [1.82, 2.24) is 15.6 Å². The summed E-state index contributed by atoms with van der Waals surface area (Å²) in [6.45, 7) is 10.4. The van der Waals surface area contributed by atoms with Crippen molar-refractivity contribution in [3.63, 3.8) is 0 Å². The molecule has 6 nitrogen and oxygen atoms in total. The summed E-state index contributed by atoms with van der Waals surface area (Å²) in [5.41, 5.74) is 3.57. The molecule has 0 fully saturated rings. The molecule has 0 atom stereocenters. The van der Waals surface area contributed by atoms with Crippen molar-refractivity contribution < 1.29 is 8.42 Å². The first-order valence-corrected chi connectivity index (χ1v) is 11.9. The molecule has 3 N–H and O–H groups in total. The quantitative estimate of drug-likeness (QED) is 0.261. The van der Waals surface area contributed by atoms with E-state index in [2.05, 4.69) is 65.8 Å². The maximum atomic E-state index is 11.4. The number of nitrogens with one attached hydrogen (secondary N) is 3. The van der Waals surface area contributed by atoms with Gasteiger partial charge in [-0.05, 0) is 43.2 Å². The van der Waals surface area contributed by atoms with Gasteiger partial charge in [0.1, 0.15) is 9.84 Å². The molecule has 0 saturated heterocycles. The minimum atomic E-state index is -2.95. The van der Waals surface area contributed by atoms with Crippen LogP contribution in [0.1, 0.15) is 38.3 Å². The van der Waals surface area contributed by atoms with E-state index in [0.717, 1.165) is 25.5 Å². The number of halogens is 1. The van der Waals surface area contributed by atoms with Crippen LogP contribution in [0.3, 0.4) is 0 Å². The highest BCUT2D eigenvalue weighted by Crippen LogP contribution is 2.22. The maximum absolute atomic E-state index is 11.4. The van der Waals surface area contributed by atoms with Gasteiger partial charge in [0.25, 0.3) is 0 Å². The number of aromatic amines is 1. The lowest BCUT2D eigenvalue weighted by Crippen LogP contribution is -2.39. The van der Waals surface area contributed by atoms with Crippen LogP contribution in [-0.2, 0) is 16.3 Å². The van der Waals surface area contributed by atoms with Crippen molar-refractivity contribution in [3.05, 3.63) is 35.5 Å². The number of para-hydroxylation sites is 1. The Hall–Kier alpha value is -1.29. The zero-order valence-corrected chi connectivity index (χ0v) is 21.3. The number of nitrogens with zero attached hydrogens (tertiary/aromatic N) is 1. The van der Waals surface area contributed by atoms with Crippen LogP contribution >= 0.6 is 24.0 Å². The molecule has 2 rings (SSSR count). The van der Waals surface area contributed by atoms with Crippen molar-refractivity contribution in [2.75, 3.05) is 31.6 Å². The normalized spacial score (nSPS) is 12.7. The van der Waals surface area contributed by atoms with E-state index in [0.29, 0.717) is 13.0 Å². The number of aryl methyl sites for hydroxylation is 1. The fraction of sp³-hybridized carbons (Fsp3) is 0.571. The minimum absolute atomic E-state index is 0. The lowest BCUT2D eigenvalue weighted by molar-refractivity contribution is 0.365. The first-order chi connectivity index (χ1) is 13.1. The minimum Gasteiger partial charge on any atom is -0.361 e. The Labute approximate surface area is 192 Å². The zero-order valence-electron chi connectivity index (χ0n) is 18.1. The van der Waals surface area contributed by atoms with Gasteiger partial charge in [-0.1, -0.05) is 32.0 Å². The average Bonchev–Trinajstić information content (AvgIpc) is 3.02. The SMILES string of the molecule is CCNC(=NCC(C)(C)CCS(C)(=O)=O)NCCc1c[nH]c2c(C)cccc12.I. The van der Waals surface area contributed by atoms with Gasteiger partial charge >= 0.3 is 0 Å². The molecule has 0 aliphatic heterocycles. The summed E-state index contributed by atoms with van der Waals surface area (Å²) in [5, 5.41) is 7.93. The molecule has 0 radical (unpaired) electrons. The number of hydrogen-bond donors (Lipinski definition) is 3. The van der Waals surface area contributed by atoms with E-state index in [9.17, 15) is 8.42 Å². The summed E-state index contributed by atoms with van der Waals surface area (Å²) >= 11 is 0. The lowest BCUT2D eigenvalue weighted by Gasteiger charge is -2.22. The molecular weight excluding hydrogens is 499 g/mol. The molecule has 1 aromatic heterocycles. The first-order valence-electron chi connectivity index (χ1n) is 9.87. The van der Waals surface area contributed by atoms with Gasteiger partial charge in [0, 0.05) is 43.0 Å². The summed E-state index contributed by atoms with van der Waals surface area (Å²) in [5.74, 6) is 0.963. The second-order valence-electron chi connectivity index (χ2n) is 8.23. The second kappa shape index (κ2) is 11.2. The van der Waals surface area contributed by atoms with Crippen LogP contribution in [0, 0.1) is 12.3 Å². The Morgan fingerprint density at radius 2 is 1.97 bits per heavy atom. The van der Waals surface area contributed by atoms with Crippen molar-refractivity contribution in [3.8, 4) is 0 Å². The van der Waals surface area contributed by atoms with Crippen molar-refractivity contribution >= 4 is 50.7 Å². The van der Waals surface area contributed by atoms with E-state index >= 15 is 0 Å².